The van der Waals surface area contributed by atoms with Crippen LogP contribution in [0.25, 0.3) is 5.76 Å². The molecule has 26 heavy (non-hydrogen) atoms. The van der Waals surface area contributed by atoms with Gasteiger partial charge in [0, 0.05) is 24.5 Å². The standard InChI is InChI=1S/C19H18N2O5/c1-26-14-4-2-13(3-5-14)17(23)15-16(12-6-8-20-9-7-12)21(10-11-22)19(25)18(15)24/h2-9,16,22-23H,10-11H2,1H3/b17-15+/t16-/m0/s1. The first-order chi connectivity index (χ1) is 12.6. The number of aliphatic hydroxyl groups is 2. The zero-order valence-electron chi connectivity index (χ0n) is 14.1. The van der Waals surface area contributed by atoms with E-state index in [1.54, 1.807) is 48.8 Å². The third-order valence-corrected chi connectivity index (χ3v) is 4.27. The van der Waals surface area contributed by atoms with Crippen LogP contribution in [-0.4, -0.2) is 52.0 Å². The highest BCUT2D eigenvalue weighted by molar-refractivity contribution is 6.46. The monoisotopic (exact) mass is 354 g/mol. The second-order valence-electron chi connectivity index (χ2n) is 5.73. The van der Waals surface area contributed by atoms with Gasteiger partial charge in [-0.05, 0) is 42.0 Å². The van der Waals surface area contributed by atoms with E-state index in [1.165, 1.54) is 12.0 Å². The normalized spacial score (nSPS) is 19.0. The summed E-state index contributed by atoms with van der Waals surface area (Å²) in [6, 6.07) is 9.08. The molecule has 0 bridgehead atoms. The number of ketones is 1. The number of rotatable bonds is 5. The van der Waals surface area contributed by atoms with Crippen LogP contribution in [-0.2, 0) is 9.59 Å². The first kappa shape index (κ1) is 17.6. The number of amides is 1. The topological polar surface area (TPSA) is 100.0 Å². The molecular formula is C19H18N2O5. The molecule has 2 N–H and O–H groups in total. The van der Waals surface area contributed by atoms with Gasteiger partial charge in [0.25, 0.3) is 11.7 Å². The minimum absolute atomic E-state index is 0.0141. The summed E-state index contributed by atoms with van der Waals surface area (Å²) >= 11 is 0. The van der Waals surface area contributed by atoms with Crippen molar-refractivity contribution >= 4 is 17.4 Å². The molecule has 1 aromatic heterocycles. The van der Waals surface area contributed by atoms with E-state index in [0.29, 0.717) is 16.9 Å². The lowest BCUT2D eigenvalue weighted by Crippen LogP contribution is -2.32. The second kappa shape index (κ2) is 7.37. The second-order valence-corrected chi connectivity index (χ2v) is 5.73. The lowest BCUT2D eigenvalue weighted by Gasteiger charge is -2.24. The molecular weight excluding hydrogens is 336 g/mol. The molecule has 2 aromatic rings. The number of hydrogen-bond acceptors (Lipinski definition) is 6. The highest BCUT2D eigenvalue weighted by atomic mass is 16.5. The summed E-state index contributed by atoms with van der Waals surface area (Å²) in [6.45, 7) is -0.311. The number of nitrogens with zero attached hydrogens (tertiary/aromatic N) is 2. The number of benzene rings is 1. The fourth-order valence-electron chi connectivity index (χ4n) is 3.02. The van der Waals surface area contributed by atoms with Crippen LogP contribution in [0.5, 0.6) is 5.75 Å². The number of Topliss-reactive ketones (excluding diaryl/α,β-unsaturated/α-hetero) is 1. The molecule has 7 heteroatoms. The van der Waals surface area contributed by atoms with Crippen LogP contribution in [0.15, 0.2) is 54.4 Å². The molecule has 2 heterocycles. The number of aromatic nitrogens is 1. The van der Waals surface area contributed by atoms with Gasteiger partial charge in [0.05, 0.1) is 25.3 Å². The molecule has 0 spiro atoms. The summed E-state index contributed by atoms with van der Waals surface area (Å²) in [7, 11) is 1.53. The molecule has 1 amide bonds. The maximum atomic E-state index is 12.6. The van der Waals surface area contributed by atoms with Crippen molar-refractivity contribution in [1.29, 1.82) is 0 Å². The predicted octanol–water partition coefficient (Wildman–Crippen LogP) is 1.50. The number of likely N-dealkylation sites (tertiary alicyclic amines) is 1. The number of β-amino-alcohol motifs (C(OH)–C–C–N with tert-alkyl or cyclic N) is 1. The predicted molar refractivity (Wildman–Crippen MR) is 93.3 cm³/mol. The van der Waals surface area contributed by atoms with Gasteiger partial charge in [0.2, 0.25) is 0 Å². The zero-order chi connectivity index (χ0) is 18.7. The first-order valence-corrected chi connectivity index (χ1v) is 8.02. The van der Waals surface area contributed by atoms with E-state index in [1.807, 2.05) is 0 Å². The number of aliphatic hydroxyl groups excluding tert-OH is 2. The summed E-state index contributed by atoms with van der Waals surface area (Å²) in [6.07, 6.45) is 3.09. The molecule has 3 rings (SSSR count). The Bertz CT molecular complexity index is 846. The smallest absolute Gasteiger partial charge is 0.295 e. The van der Waals surface area contributed by atoms with Crippen molar-refractivity contribution in [3.05, 3.63) is 65.5 Å². The molecule has 7 nitrogen and oxygen atoms in total. The molecule has 0 aliphatic carbocycles. The molecule has 134 valence electrons. The molecule has 0 unspecified atom stereocenters. The van der Waals surface area contributed by atoms with Crippen molar-refractivity contribution in [2.45, 2.75) is 6.04 Å². The third kappa shape index (κ3) is 3.04. The summed E-state index contributed by atoms with van der Waals surface area (Å²) in [5.41, 5.74) is 1.01. The Morgan fingerprint density at radius 2 is 1.81 bits per heavy atom. The largest absolute Gasteiger partial charge is 0.507 e. The summed E-state index contributed by atoms with van der Waals surface area (Å²) in [5, 5.41) is 20.0. The fourth-order valence-corrected chi connectivity index (χ4v) is 3.02. The lowest BCUT2D eigenvalue weighted by atomic mass is 9.96. The van der Waals surface area contributed by atoms with Crippen LogP contribution in [0.2, 0.25) is 0 Å². The Labute approximate surface area is 150 Å². The highest BCUT2D eigenvalue weighted by Crippen LogP contribution is 2.39. The van der Waals surface area contributed by atoms with E-state index in [4.69, 9.17) is 4.74 Å². The molecule has 1 aliphatic rings. The average Bonchev–Trinajstić information content (AvgIpc) is 2.93. The van der Waals surface area contributed by atoms with Crippen molar-refractivity contribution in [3.63, 3.8) is 0 Å². The first-order valence-electron chi connectivity index (χ1n) is 8.02. The van der Waals surface area contributed by atoms with E-state index >= 15 is 0 Å². The maximum absolute atomic E-state index is 12.6. The average molecular weight is 354 g/mol. The summed E-state index contributed by atoms with van der Waals surface area (Å²) < 4.78 is 5.09. The summed E-state index contributed by atoms with van der Waals surface area (Å²) in [4.78, 5) is 30.2. The van der Waals surface area contributed by atoms with Gasteiger partial charge in [-0.15, -0.1) is 0 Å². The summed E-state index contributed by atoms with van der Waals surface area (Å²) in [5.74, 6) is -1.20. The Hall–Kier alpha value is -3.19. The SMILES string of the molecule is COc1ccc(/C(O)=C2\C(=O)C(=O)N(CCO)[C@H]2c2ccncc2)cc1. The van der Waals surface area contributed by atoms with E-state index < -0.39 is 17.7 Å². The van der Waals surface area contributed by atoms with Crippen molar-refractivity contribution in [2.75, 3.05) is 20.3 Å². The molecule has 0 radical (unpaired) electrons. The Morgan fingerprint density at radius 1 is 1.15 bits per heavy atom. The van der Waals surface area contributed by atoms with Crippen molar-refractivity contribution in [3.8, 4) is 5.75 Å². The van der Waals surface area contributed by atoms with E-state index in [9.17, 15) is 19.8 Å². The van der Waals surface area contributed by atoms with Gasteiger partial charge in [0.15, 0.2) is 0 Å². The van der Waals surface area contributed by atoms with Gasteiger partial charge in [0.1, 0.15) is 11.5 Å². The van der Waals surface area contributed by atoms with Crippen LogP contribution in [0.1, 0.15) is 17.2 Å². The van der Waals surface area contributed by atoms with Crippen LogP contribution in [0.4, 0.5) is 0 Å². The number of carbonyl (C=O) groups is 2. The van der Waals surface area contributed by atoms with E-state index in [-0.39, 0.29) is 24.5 Å². The van der Waals surface area contributed by atoms with Crippen LogP contribution in [0, 0.1) is 0 Å². The van der Waals surface area contributed by atoms with Gasteiger partial charge in [-0.3, -0.25) is 14.6 Å². The Kier molecular flexibility index (Phi) is 4.99. The van der Waals surface area contributed by atoms with Gasteiger partial charge < -0.3 is 19.8 Å². The van der Waals surface area contributed by atoms with Crippen LogP contribution in [0.3, 0.4) is 0 Å². The number of pyridine rings is 1. The molecule has 1 fully saturated rings. The fraction of sp³-hybridized carbons (Fsp3) is 0.211. The van der Waals surface area contributed by atoms with Crippen molar-refractivity contribution < 1.29 is 24.5 Å². The molecule has 1 atom stereocenters. The number of hydrogen-bond donors (Lipinski definition) is 2. The lowest BCUT2D eigenvalue weighted by molar-refractivity contribution is -0.140. The van der Waals surface area contributed by atoms with E-state index in [2.05, 4.69) is 4.98 Å². The Morgan fingerprint density at radius 3 is 2.38 bits per heavy atom. The minimum atomic E-state index is -0.785. The molecule has 1 saturated heterocycles. The van der Waals surface area contributed by atoms with Gasteiger partial charge in [-0.25, -0.2) is 0 Å². The van der Waals surface area contributed by atoms with Crippen molar-refractivity contribution in [2.24, 2.45) is 0 Å². The minimum Gasteiger partial charge on any atom is -0.507 e. The molecule has 0 saturated carbocycles. The molecule has 1 aliphatic heterocycles. The van der Waals surface area contributed by atoms with Gasteiger partial charge >= 0.3 is 0 Å². The van der Waals surface area contributed by atoms with Crippen LogP contribution >= 0.6 is 0 Å². The van der Waals surface area contributed by atoms with Gasteiger partial charge in [-0.2, -0.15) is 0 Å². The van der Waals surface area contributed by atoms with Crippen LogP contribution < -0.4 is 4.74 Å². The molecule has 1 aromatic carbocycles. The quantitative estimate of drug-likeness (QED) is 0.480. The third-order valence-electron chi connectivity index (χ3n) is 4.27. The van der Waals surface area contributed by atoms with Crippen molar-refractivity contribution in [1.82, 2.24) is 9.88 Å². The number of ether oxygens (including phenoxy) is 1. The zero-order valence-corrected chi connectivity index (χ0v) is 14.1. The Balaban J connectivity index is 2.14. The number of carbonyl (C=O) groups excluding carboxylic acids is 2. The number of methoxy groups -OCH3 is 1. The highest BCUT2D eigenvalue weighted by Gasteiger charge is 2.45. The van der Waals surface area contributed by atoms with Gasteiger partial charge in [-0.1, -0.05) is 0 Å². The maximum Gasteiger partial charge on any atom is 0.295 e. The van der Waals surface area contributed by atoms with E-state index in [0.717, 1.165) is 0 Å².